The average molecular weight is 1010 g/mol. The summed E-state index contributed by atoms with van der Waals surface area (Å²) in [6, 6.07) is 45.3. The van der Waals surface area contributed by atoms with Crippen LogP contribution in [0.1, 0.15) is 73.7 Å². The molecule has 2 fully saturated rings. The third kappa shape index (κ3) is 10.9. The van der Waals surface area contributed by atoms with E-state index in [0.717, 1.165) is 32.4 Å². The smallest absolute Gasteiger partial charge is 0.335 e. The van der Waals surface area contributed by atoms with Gasteiger partial charge in [-0.1, -0.05) is 115 Å². The number of methoxy groups -OCH3 is 2. The van der Waals surface area contributed by atoms with Gasteiger partial charge in [0.1, 0.15) is 36.0 Å². The van der Waals surface area contributed by atoms with Gasteiger partial charge in [0.2, 0.25) is 5.60 Å². The van der Waals surface area contributed by atoms with Crippen LogP contribution in [0.5, 0.6) is 11.5 Å². The van der Waals surface area contributed by atoms with Gasteiger partial charge in [-0.2, -0.15) is 5.26 Å². The lowest BCUT2D eigenvalue weighted by Crippen LogP contribution is -2.56. The summed E-state index contributed by atoms with van der Waals surface area (Å²) in [5.41, 5.74) is -0.251. The maximum Gasteiger partial charge on any atom is 0.335 e. The molecule has 73 heavy (non-hydrogen) atoms. The van der Waals surface area contributed by atoms with Crippen molar-refractivity contribution in [1.82, 2.24) is 18.7 Å². The number of nitrogens with zero attached hydrogens (tertiary/aromatic N) is 5. The third-order valence-electron chi connectivity index (χ3n) is 13.4. The van der Waals surface area contributed by atoms with Crippen LogP contribution in [-0.2, 0) is 53.4 Å². The number of aryl methyl sites for hydroxylation is 1. The van der Waals surface area contributed by atoms with E-state index in [9.17, 15) is 14.9 Å². The minimum atomic E-state index is -2.01. The first-order valence-corrected chi connectivity index (χ1v) is 25.7. The first-order chi connectivity index (χ1) is 35.4. The van der Waals surface area contributed by atoms with Gasteiger partial charge >= 0.3 is 5.69 Å². The zero-order chi connectivity index (χ0) is 51.7. The van der Waals surface area contributed by atoms with Gasteiger partial charge in [0.05, 0.1) is 46.5 Å². The van der Waals surface area contributed by atoms with E-state index in [4.69, 9.17) is 32.7 Å². The molecule has 1 unspecified atom stereocenters. The number of hydrogen-bond acceptors (Lipinski definition) is 12. The second-order valence-corrected chi connectivity index (χ2v) is 20.1. The van der Waals surface area contributed by atoms with Gasteiger partial charge in [-0.25, -0.2) is 14.0 Å². The van der Waals surface area contributed by atoms with Crippen LogP contribution in [-0.4, -0.2) is 88.4 Å². The van der Waals surface area contributed by atoms with Gasteiger partial charge in [0, 0.05) is 30.4 Å². The molecule has 0 spiro atoms. The van der Waals surface area contributed by atoms with Gasteiger partial charge in [-0.15, -0.1) is 0 Å². The highest BCUT2D eigenvalue weighted by atomic mass is 31.2. The fourth-order valence-corrected chi connectivity index (χ4v) is 11.7. The Morgan fingerprint density at radius 1 is 0.767 bits per heavy atom. The van der Waals surface area contributed by atoms with Crippen molar-refractivity contribution in [2.24, 2.45) is 0 Å². The van der Waals surface area contributed by atoms with Gasteiger partial charge in [-0.3, -0.25) is 14.2 Å². The Balaban J connectivity index is 1.33. The molecule has 8 rings (SSSR count). The first-order valence-electron chi connectivity index (χ1n) is 24.6. The summed E-state index contributed by atoms with van der Waals surface area (Å²) in [5, 5.41) is 9.68. The first kappa shape index (κ1) is 52.8. The largest absolute Gasteiger partial charge is 0.497 e. The van der Waals surface area contributed by atoms with Crippen LogP contribution in [0.4, 0.5) is 0 Å². The van der Waals surface area contributed by atoms with Crippen molar-refractivity contribution < 1.29 is 37.5 Å². The lowest BCUT2D eigenvalue weighted by Gasteiger charge is -2.41. The zero-order valence-electron chi connectivity index (χ0n) is 42.5. The number of aromatic nitrogens is 2. The summed E-state index contributed by atoms with van der Waals surface area (Å²) < 4.78 is 50.5. The topological polar surface area (TPSA) is 156 Å². The van der Waals surface area contributed by atoms with E-state index >= 15 is 4.79 Å². The van der Waals surface area contributed by atoms with E-state index in [1.807, 2.05) is 167 Å². The van der Waals surface area contributed by atoms with Crippen molar-refractivity contribution in [2.45, 2.75) is 102 Å². The molecule has 0 aliphatic carbocycles. The number of benzene rings is 5. The van der Waals surface area contributed by atoms with Crippen LogP contribution < -0.4 is 20.7 Å². The second kappa shape index (κ2) is 23.6. The van der Waals surface area contributed by atoms with E-state index in [-0.39, 0.29) is 50.6 Å². The summed E-state index contributed by atoms with van der Waals surface area (Å²) >= 11 is 0. The maximum atomic E-state index is 16.0. The van der Waals surface area contributed by atoms with E-state index in [0.29, 0.717) is 17.9 Å². The Morgan fingerprint density at radius 2 is 1.32 bits per heavy atom. The Labute approximate surface area is 428 Å². The summed E-state index contributed by atoms with van der Waals surface area (Å²) in [6.07, 6.45) is -0.301. The Morgan fingerprint density at radius 3 is 1.86 bits per heavy atom. The number of amides is 1. The van der Waals surface area contributed by atoms with Gasteiger partial charge in [0.15, 0.2) is 6.23 Å². The lowest BCUT2D eigenvalue weighted by atomic mass is 9.79. The predicted octanol–water partition coefficient (Wildman–Crippen LogP) is 8.90. The molecule has 5 aromatic carbocycles. The number of nitriles is 1. The molecule has 16 heteroatoms. The number of rotatable bonds is 24. The fraction of sp³-hybridized carbons (Fsp3) is 0.368. The minimum absolute atomic E-state index is 0.0631. The summed E-state index contributed by atoms with van der Waals surface area (Å²) in [5.74, 6) is 0.863. The molecule has 1 aromatic heterocycles. The van der Waals surface area contributed by atoms with Gasteiger partial charge in [-0.05, 0) is 93.1 Å². The van der Waals surface area contributed by atoms with Gasteiger partial charge in [0.25, 0.3) is 20.0 Å². The van der Waals surface area contributed by atoms with Crippen molar-refractivity contribution in [1.29, 1.82) is 5.26 Å². The van der Waals surface area contributed by atoms with Crippen molar-refractivity contribution in [3.63, 3.8) is 0 Å². The summed E-state index contributed by atoms with van der Waals surface area (Å²) in [6.45, 7) is 9.48. The number of fused-ring (bicyclic) bond motifs is 2. The number of likely N-dealkylation sites (tertiary alicyclic amines) is 1. The number of ether oxygens (including phenoxy) is 5. The predicted molar refractivity (Wildman–Crippen MR) is 278 cm³/mol. The fourth-order valence-electron chi connectivity index (χ4n) is 9.90. The molecule has 2 aliphatic heterocycles. The molecule has 5 atom stereocenters. The zero-order valence-corrected chi connectivity index (χ0v) is 43.4. The van der Waals surface area contributed by atoms with E-state index in [1.165, 1.54) is 10.8 Å². The number of hydrogen-bond donors (Lipinski definition) is 0. The molecule has 15 nitrogen and oxygen atoms in total. The number of carbonyl (C=O) groups excluding carboxylic acids is 1. The van der Waals surface area contributed by atoms with Crippen LogP contribution in [0.25, 0.3) is 0 Å². The Bertz CT molecular complexity index is 2880. The summed E-state index contributed by atoms with van der Waals surface area (Å²) in [7, 11) is 1.20. The van der Waals surface area contributed by atoms with Crippen LogP contribution in [0.15, 0.2) is 155 Å². The molecule has 2 aliphatic rings. The molecule has 0 N–H and O–H groups in total. The van der Waals surface area contributed by atoms with Crippen LogP contribution in [0.3, 0.4) is 0 Å². The maximum absolute atomic E-state index is 16.0. The molecule has 382 valence electrons. The van der Waals surface area contributed by atoms with Crippen molar-refractivity contribution in [2.75, 3.05) is 34.0 Å². The Kier molecular flexibility index (Phi) is 17.1. The molecule has 3 heterocycles. The average Bonchev–Trinajstić information content (AvgIpc) is 3.83. The van der Waals surface area contributed by atoms with Crippen LogP contribution >= 0.6 is 8.53 Å². The lowest BCUT2D eigenvalue weighted by molar-refractivity contribution is -0.194. The van der Waals surface area contributed by atoms with E-state index in [2.05, 4.69) is 10.7 Å². The highest BCUT2D eigenvalue weighted by Crippen LogP contribution is 2.57. The molecule has 6 aromatic rings. The van der Waals surface area contributed by atoms with E-state index in [1.54, 1.807) is 26.0 Å². The SMILES string of the molecule is COc1ccc(C(OC[C@@]23O[C@@H](n4cc(C)c(=O)n(COCc5ccccc5)c4=O)[C@@H]([C@@H]2OP(OCCC#N)N(C(C)C)C(C)C)N(CCc2ccccc2)C3=O)(c2ccccc2)c2ccc(OC)cc2)cc1. The molecule has 1 amide bonds. The molecule has 2 saturated heterocycles. The van der Waals surface area contributed by atoms with Crippen molar-refractivity contribution in [3.8, 4) is 17.6 Å². The molecule has 0 radical (unpaired) electrons. The highest BCUT2D eigenvalue weighted by molar-refractivity contribution is 7.44. The highest BCUT2D eigenvalue weighted by Gasteiger charge is 2.72. The van der Waals surface area contributed by atoms with Crippen LogP contribution in [0.2, 0.25) is 0 Å². The monoisotopic (exact) mass is 1010 g/mol. The Hall–Kier alpha value is -6.47. The molecule has 2 bridgehead atoms. The normalized spacial score (nSPS) is 18.9. The molecular weight excluding hydrogens is 946 g/mol. The van der Waals surface area contributed by atoms with Crippen LogP contribution in [0, 0.1) is 18.3 Å². The number of carbonyl (C=O) groups is 1. The standard InChI is InChI=1S/C57H64N5O10P/c1-40(2)62(41(3)4)73(70-35-17-33-58)72-51-50-53(60-36-42(5)52(63)61(55(60)65)39-68-37-44-20-13-9-14-21-44)71-56(51,54(64)59(50)34-32-43-18-11-8-12-19-43)38-69-57(45-22-15-10-16-23-45,46-24-28-48(66-6)29-25-46)47-26-30-49(67-7)31-27-47/h8-16,18-31,36,40-41,50-51,53H,17,32,34-35,37-39H2,1-7H3/t50-,51+,53-,56-,73?/m1/s1. The van der Waals surface area contributed by atoms with Gasteiger partial charge < -0.3 is 37.6 Å². The third-order valence-corrected chi connectivity index (χ3v) is 15.5. The van der Waals surface area contributed by atoms with E-state index < -0.39 is 61.9 Å². The second-order valence-electron chi connectivity index (χ2n) is 18.7. The number of morpholine rings is 1. The molecule has 0 saturated carbocycles. The quantitative estimate of drug-likeness (QED) is 0.0323. The minimum Gasteiger partial charge on any atom is -0.497 e. The van der Waals surface area contributed by atoms with Crippen molar-refractivity contribution >= 4 is 14.4 Å². The van der Waals surface area contributed by atoms with Crippen molar-refractivity contribution in [3.05, 3.63) is 200 Å². The molecular formula is C57H64N5O10P. The summed E-state index contributed by atoms with van der Waals surface area (Å²) in [4.78, 5) is 46.6.